The van der Waals surface area contributed by atoms with Crippen LogP contribution < -0.4 is 10.9 Å². The Bertz CT molecular complexity index is 835. The topological polar surface area (TPSA) is 66.9 Å². The number of aromatic nitrogens is 2. The molecule has 132 valence electrons. The molecule has 1 atom stereocenters. The van der Waals surface area contributed by atoms with Gasteiger partial charge in [-0.1, -0.05) is 25.0 Å². The summed E-state index contributed by atoms with van der Waals surface area (Å²) in [5, 5.41) is 5.85. The van der Waals surface area contributed by atoms with Crippen molar-refractivity contribution in [1.82, 2.24) is 9.78 Å². The highest BCUT2D eigenvalue weighted by Gasteiger charge is 2.32. The smallest absolute Gasteiger partial charge is 0.270 e. The molecule has 25 heavy (non-hydrogen) atoms. The number of carbonyl (C=O) groups is 1. The third-order valence-corrected chi connectivity index (χ3v) is 6.99. The lowest BCUT2D eigenvalue weighted by atomic mass is 10.1. The van der Waals surface area contributed by atoms with Gasteiger partial charge in [0.05, 0.1) is 22.6 Å². The van der Waals surface area contributed by atoms with Gasteiger partial charge >= 0.3 is 0 Å². The van der Waals surface area contributed by atoms with E-state index in [0.29, 0.717) is 17.1 Å². The second-order valence-electron chi connectivity index (χ2n) is 6.52. The largest absolute Gasteiger partial charge is 0.310 e. The minimum Gasteiger partial charge on any atom is -0.310 e. The Balaban J connectivity index is 1.80. The molecule has 1 saturated carbocycles. The van der Waals surface area contributed by atoms with E-state index in [1.807, 2.05) is 10.9 Å². The molecule has 0 radical (unpaired) electrons. The van der Waals surface area contributed by atoms with Gasteiger partial charge in [0.15, 0.2) is 0 Å². The Morgan fingerprint density at radius 1 is 1.16 bits per heavy atom. The van der Waals surface area contributed by atoms with Gasteiger partial charge in [-0.3, -0.25) is 19.4 Å². The number of benzene rings is 1. The molecule has 2 aliphatic rings. The lowest BCUT2D eigenvalue weighted by molar-refractivity contribution is -0.113. The Kier molecular flexibility index (Phi) is 4.69. The van der Waals surface area contributed by atoms with Crippen LogP contribution >= 0.6 is 23.5 Å². The van der Waals surface area contributed by atoms with Gasteiger partial charge in [0.25, 0.3) is 5.56 Å². The number of rotatable bonds is 3. The maximum absolute atomic E-state index is 12.8. The normalized spacial score (nSPS) is 21.0. The van der Waals surface area contributed by atoms with Crippen LogP contribution in [0.25, 0.3) is 0 Å². The maximum Gasteiger partial charge on any atom is 0.270 e. The number of nitrogens with zero attached hydrogens (tertiary/aromatic N) is 1. The maximum atomic E-state index is 12.8. The molecule has 0 unspecified atom stereocenters. The van der Waals surface area contributed by atoms with E-state index in [0.717, 1.165) is 18.4 Å². The van der Waals surface area contributed by atoms with Crippen molar-refractivity contribution >= 4 is 35.2 Å². The van der Waals surface area contributed by atoms with Crippen molar-refractivity contribution in [2.45, 2.75) is 41.9 Å². The predicted octanol–water partition coefficient (Wildman–Crippen LogP) is 3.79. The minimum absolute atomic E-state index is 0.0415. The molecule has 4 rings (SSSR count). The fraction of sp³-hybridized carbons (Fsp3) is 0.444. The van der Waals surface area contributed by atoms with Crippen molar-refractivity contribution in [2.75, 3.05) is 17.3 Å². The monoisotopic (exact) mass is 375 g/mol. The minimum atomic E-state index is -0.128. The van der Waals surface area contributed by atoms with E-state index < -0.39 is 0 Å². The number of fused-ring (bicyclic) bond motifs is 1. The summed E-state index contributed by atoms with van der Waals surface area (Å²) in [5.41, 5.74) is 1.66. The van der Waals surface area contributed by atoms with E-state index in [9.17, 15) is 9.59 Å². The highest BCUT2D eigenvalue weighted by molar-refractivity contribution is 8.00. The average molecular weight is 376 g/mol. The molecule has 1 amide bonds. The number of thioether (sulfide) groups is 2. The zero-order chi connectivity index (χ0) is 17.4. The first kappa shape index (κ1) is 16.8. The number of nitrogens with one attached hydrogen (secondary N) is 2. The predicted molar refractivity (Wildman–Crippen MR) is 104 cm³/mol. The number of carbonyl (C=O) groups excluding carboxylic acids is 1. The summed E-state index contributed by atoms with van der Waals surface area (Å²) >= 11 is 3.21. The molecule has 0 bridgehead atoms. The summed E-state index contributed by atoms with van der Waals surface area (Å²) in [4.78, 5) is 26.2. The molecular formula is C18H21N3O2S2. The molecule has 1 aromatic heterocycles. The van der Waals surface area contributed by atoms with Gasteiger partial charge in [0.1, 0.15) is 5.82 Å². The molecule has 0 saturated heterocycles. The van der Waals surface area contributed by atoms with Crippen LogP contribution in [0, 0.1) is 0 Å². The average Bonchev–Trinajstić information content (AvgIpc) is 3.21. The molecule has 0 spiro atoms. The summed E-state index contributed by atoms with van der Waals surface area (Å²) in [6, 6.07) is 8.55. The van der Waals surface area contributed by atoms with Crippen LogP contribution in [0.5, 0.6) is 0 Å². The zero-order valence-electron chi connectivity index (χ0n) is 14.1. The van der Waals surface area contributed by atoms with Crippen molar-refractivity contribution in [2.24, 2.45) is 0 Å². The number of hydrogen-bond donors (Lipinski definition) is 2. The van der Waals surface area contributed by atoms with Gasteiger partial charge in [0.2, 0.25) is 5.91 Å². The van der Waals surface area contributed by atoms with E-state index in [1.165, 1.54) is 29.5 Å². The molecule has 5 nitrogen and oxygen atoms in total. The molecule has 1 aliphatic heterocycles. The van der Waals surface area contributed by atoms with E-state index >= 15 is 0 Å². The van der Waals surface area contributed by atoms with Crippen LogP contribution in [0.15, 0.2) is 34.0 Å². The molecule has 2 aromatic rings. The number of aromatic amines is 1. The lowest BCUT2D eigenvalue weighted by Gasteiger charge is -2.17. The van der Waals surface area contributed by atoms with Gasteiger partial charge < -0.3 is 5.32 Å². The Labute approximate surface area is 154 Å². The molecule has 1 aliphatic carbocycles. The van der Waals surface area contributed by atoms with Crippen LogP contribution in [0.4, 0.5) is 5.82 Å². The van der Waals surface area contributed by atoms with Crippen molar-refractivity contribution in [3.63, 3.8) is 0 Å². The fourth-order valence-electron chi connectivity index (χ4n) is 3.72. The van der Waals surface area contributed by atoms with Crippen molar-refractivity contribution in [3.05, 3.63) is 45.7 Å². The molecular weight excluding hydrogens is 354 g/mol. The van der Waals surface area contributed by atoms with Gasteiger partial charge in [-0.05, 0) is 36.8 Å². The number of amides is 1. The second-order valence-corrected chi connectivity index (χ2v) is 8.50. The van der Waals surface area contributed by atoms with Crippen molar-refractivity contribution < 1.29 is 4.79 Å². The van der Waals surface area contributed by atoms with Gasteiger partial charge in [-0.25, -0.2) is 0 Å². The van der Waals surface area contributed by atoms with Crippen LogP contribution in [0.1, 0.15) is 48.1 Å². The van der Waals surface area contributed by atoms with E-state index in [1.54, 1.807) is 11.8 Å². The SMILES string of the molecule is CSc1ccc([C@@H]2SCC(=O)Nc3c2c(=O)[nH]n3C2CCCC2)cc1. The summed E-state index contributed by atoms with van der Waals surface area (Å²) in [5.74, 6) is 0.986. The van der Waals surface area contributed by atoms with E-state index in [2.05, 4.69) is 34.7 Å². The first-order valence-electron chi connectivity index (χ1n) is 8.57. The first-order valence-corrected chi connectivity index (χ1v) is 10.8. The summed E-state index contributed by atoms with van der Waals surface area (Å²) in [6.07, 6.45) is 6.48. The van der Waals surface area contributed by atoms with Crippen molar-refractivity contribution in [1.29, 1.82) is 0 Å². The standard InChI is InChI=1S/C18H21N3O2S2/c1-24-13-8-6-11(7-9-13)16-15-17(19-14(22)10-25-16)21(20-18(15)23)12-4-2-3-5-12/h6-9,12,16H,2-5,10H2,1H3,(H,19,22)(H,20,23)/t16-/m0/s1. The highest BCUT2D eigenvalue weighted by Crippen LogP contribution is 2.42. The van der Waals surface area contributed by atoms with E-state index in [-0.39, 0.29) is 22.8 Å². The summed E-state index contributed by atoms with van der Waals surface area (Å²) in [6.45, 7) is 0. The van der Waals surface area contributed by atoms with Crippen molar-refractivity contribution in [3.8, 4) is 0 Å². The third-order valence-electron chi connectivity index (χ3n) is 4.97. The lowest BCUT2D eigenvalue weighted by Crippen LogP contribution is -2.18. The summed E-state index contributed by atoms with van der Waals surface area (Å²) < 4.78 is 1.91. The van der Waals surface area contributed by atoms with Gasteiger partial charge in [-0.15, -0.1) is 23.5 Å². The van der Waals surface area contributed by atoms with Crippen LogP contribution in [0.2, 0.25) is 0 Å². The molecule has 1 aromatic carbocycles. The van der Waals surface area contributed by atoms with Crippen LogP contribution in [-0.2, 0) is 4.79 Å². The number of H-pyrrole nitrogens is 1. The fourth-order valence-corrected chi connectivity index (χ4v) is 5.26. The van der Waals surface area contributed by atoms with Gasteiger partial charge in [-0.2, -0.15) is 0 Å². The third kappa shape index (κ3) is 3.15. The second kappa shape index (κ2) is 6.96. The molecule has 7 heteroatoms. The quantitative estimate of drug-likeness (QED) is 0.801. The Morgan fingerprint density at radius 3 is 2.56 bits per heavy atom. The molecule has 2 heterocycles. The highest BCUT2D eigenvalue weighted by atomic mass is 32.2. The number of hydrogen-bond acceptors (Lipinski definition) is 4. The Morgan fingerprint density at radius 2 is 1.88 bits per heavy atom. The molecule has 2 N–H and O–H groups in total. The van der Waals surface area contributed by atoms with Crippen LogP contribution in [-0.4, -0.2) is 27.7 Å². The Hall–Kier alpha value is -1.60. The first-order chi connectivity index (χ1) is 12.2. The number of anilines is 1. The van der Waals surface area contributed by atoms with E-state index in [4.69, 9.17) is 0 Å². The summed E-state index contributed by atoms with van der Waals surface area (Å²) in [7, 11) is 0. The van der Waals surface area contributed by atoms with Crippen LogP contribution in [0.3, 0.4) is 0 Å². The van der Waals surface area contributed by atoms with Gasteiger partial charge in [0, 0.05) is 4.90 Å². The zero-order valence-corrected chi connectivity index (χ0v) is 15.7. The molecule has 1 fully saturated rings.